The third-order valence-electron chi connectivity index (χ3n) is 3.83. The third kappa shape index (κ3) is 4.06. The number of Topliss-reactive ketones (excluding diaryl/α,β-unsaturated/α-hetero) is 1. The monoisotopic (exact) mass is 351 g/mol. The minimum atomic E-state index is -0.225. The lowest BCUT2D eigenvalue weighted by molar-refractivity contribution is -0.118. The summed E-state index contributed by atoms with van der Waals surface area (Å²) in [4.78, 5) is 29.9. The molecule has 126 valence electrons. The molecule has 0 bridgehead atoms. The number of carbonyl (C=O) groups is 2. The number of ketones is 2. The smallest absolute Gasteiger partial charge is 0.224 e. The molecular formula is C20H17NO3S. The zero-order chi connectivity index (χ0) is 17.6. The van der Waals surface area contributed by atoms with Crippen molar-refractivity contribution in [3.8, 4) is 0 Å². The van der Waals surface area contributed by atoms with Crippen LogP contribution in [-0.4, -0.2) is 23.7 Å². The first kappa shape index (κ1) is 17.2. The fourth-order valence-electron chi connectivity index (χ4n) is 2.57. The Balaban J connectivity index is 1.91. The summed E-state index contributed by atoms with van der Waals surface area (Å²) in [6.07, 6.45) is 4.08. The van der Waals surface area contributed by atoms with E-state index in [4.69, 9.17) is 4.74 Å². The Morgan fingerprint density at radius 3 is 2.44 bits per heavy atom. The minimum Gasteiger partial charge on any atom is -0.493 e. The van der Waals surface area contributed by atoms with E-state index in [-0.39, 0.29) is 17.3 Å². The number of aryl methyl sites for hydroxylation is 1. The number of benzene rings is 1. The van der Waals surface area contributed by atoms with Crippen LogP contribution in [-0.2, 0) is 20.7 Å². The Labute approximate surface area is 150 Å². The van der Waals surface area contributed by atoms with Crippen LogP contribution in [0.4, 0.5) is 0 Å². The zero-order valence-electron chi connectivity index (χ0n) is 13.8. The number of thioether (sulfide) groups is 1. The first-order valence-electron chi connectivity index (χ1n) is 7.89. The molecule has 1 aliphatic carbocycles. The van der Waals surface area contributed by atoms with Gasteiger partial charge in [0.15, 0.2) is 11.5 Å². The Hall–Kier alpha value is -2.66. The molecule has 0 aliphatic heterocycles. The van der Waals surface area contributed by atoms with Gasteiger partial charge < -0.3 is 4.74 Å². The summed E-state index contributed by atoms with van der Waals surface area (Å²) in [6, 6.07) is 15.4. The van der Waals surface area contributed by atoms with Gasteiger partial charge in [0.2, 0.25) is 5.78 Å². The van der Waals surface area contributed by atoms with Gasteiger partial charge in [0.05, 0.1) is 12.0 Å². The highest BCUT2D eigenvalue weighted by Gasteiger charge is 2.29. The van der Waals surface area contributed by atoms with Crippen molar-refractivity contribution in [3.63, 3.8) is 0 Å². The summed E-state index contributed by atoms with van der Waals surface area (Å²) in [6.45, 7) is 0. The number of allylic oxidation sites excluding steroid dienone is 3. The topological polar surface area (TPSA) is 56.3 Å². The SMILES string of the molecule is COC1=CC(=O)C(Sc2ccccn2)=C(CCc2ccccc2)C1=O. The molecule has 0 amide bonds. The number of methoxy groups -OCH3 is 1. The van der Waals surface area contributed by atoms with Gasteiger partial charge in [0.25, 0.3) is 0 Å². The molecule has 1 aliphatic rings. The summed E-state index contributed by atoms with van der Waals surface area (Å²) < 4.78 is 5.09. The highest BCUT2D eigenvalue weighted by Crippen LogP contribution is 2.34. The van der Waals surface area contributed by atoms with E-state index in [0.29, 0.717) is 28.3 Å². The van der Waals surface area contributed by atoms with Crippen LogP contribution in [0.5, 0.6) is 0 Å². The quantitative estimate of drug-likeness (QED) is 0.742. The Kier molecular flexibility index (Phi) is 5.46. The summed E-state index contributed by atoms with van der Waals surface area (Å²) in [5.41, 5.74) is 1.61. The average molecular weight is 351 g/mol. The number of nitrogens with zero attached hydrogens (tertiary/aromatic N) is 1. The molecule has 3 rings (SSSR count). The van der Waals surface area contributed by atoms with Gasteiger partial charge in [0.1, 0.15) is 5.03 Å². The van der Waals surface area contributed by atoms with Gasteiger partial charge in [-0.1, -0.05) is 48.2 Å². The van der Waals surface area contributed by atoms with Crippen LogP contribution in [0.1, 0.15) is 12.0 Å². The molecular weight excluding hydrogens is 334 g/mol. The maximum atomic E-state index is 12.7. The van der Waals surface area contributed by atoms with Crippen molar-refractivity contribution in [1.29, 1.82) is 0 Å². The van der Waals surface area contributed by atoms with Crippen molar-refractivity contribution in [3.05, 3.63) is 82.6 Å². The van der Waals surface area contributed by atoms with Gasteiger partial charge in [0, 0.05) is 17.8 Å². The third-order valence-corrected chi connectivity index (χ3v) is 4.93. The molecule has 25 heavy (non-hydrogen) atoms. The maximum Gasteiger partial charge on any atom is 0.224 e. The van der Waals surface area contributed by atoms with E-state index in [1.165, 1.54) is 24.9 Å². The van der Waals surface area contributed by atoms with E-state index in [0.717, 1.165) is 5.56 Å². The number of carbonyl (C=O) groups excluding carboxylic acids is 2. The second kappa shape index (κ2) is 7.94. The van der Waals surface area contributed by atoms with Crippen molar-refractivity contribution >= 4 is 23.3 Å². The molecule has 0 radical (unpaired) electrons. The summed E-state index contributed by atoms with van der Waals surface area (Å²) in [5.74, 6) is -0.343. The predicted molar refractivity (Wildman–Crippen MR) is 97.0 cm³/mol. The standard InChI is InChI=1S/C20H17NO3S/c1-24-17-13-16(22)20(25-18-9-5-6-12-21-18)15(19(17)23)11-10-14-7-3-2-4-8-14/h2-9,12-13H,10-11H2,1H3. The van der Waals surface area contributed by atoms with Crippen molar-refractivity contribution in [2.24, 2.45) is 0 Å². The van der Waals surface area contributed by atoms with Crippen molar-refractivity contribution < 1.29 is 14.3 Å². The molecule has 4 nitrogen and oxygen atoms in total. The first-order valence-corrected chi connectivity index (χ1v) is 8.71. The Bertz CT molecular complexity index is 842. The van der Waals surface area contributed by atoms with Gasteiger partial charge in [-0.05, 0) is 30.5 Å². The number of pyridine rings is 1. The summed E-state index contributed by atoms with van der Waals surface area (Å²) >= 11 is 1.23. The van der Waals surface area contributed by atoms with Crippen molar-refractivity contribution in [2.45, 2.75) is 17.9 Å². The summed E-state index contributed by atoms with van der Waals surface area (Å²) in [7, 11) is 1.41. The van der Waals surface area contributed by atoms with Crippen molar-refractivity contribution in [1.82, 2.24) is 4.98 Å². The first-order chi connectivity index (χ1) is 12.2. The van der Waals surface area contributed by atoms with Crippen LogP contribution in [0, 0.1) is 0 Å². The largest absolute Gasteiger partial charge is 0.493 e. The van der Waals surface area contributed by atoms with Crippen LogP contribution >= 0.6 is 11.8 Å². The molecule has 5 heteroatoms. The fraction of sp³-hybridized carbons (Fsp3) is 0.150. The number of hydrogen-bond donors (Lipinski definition) is 0. The van der Waals surface area contributed by atoms with Gasteiger partial charge in [-0.3, -0.25) is 9.59 Å². The molecule has 1 heterocycles. The summed E-state index contributed by atoms with van der Waals surface area (Å²) in [5, 5.41) is 0.685. The second-order valence-corrected chi connectivity index (χ2v) is 6.50. The molecule has 0 saturated carbocycles. The van der Waals surface area contributed by atoms with E-state index in [1.807, 2.05) is 48.5 Å². The van der Waals surface area contributed by atoms with Gasteiger partial charge in [-0.25, -0.2) is 4.98 Å². The molecule has 1 aromatic heterocycles. The number of aromatic nitrogens is 1. The van der Waals surface area contributed by atoms with E-state index in [2.05, 4.69) is 4.98 Å². The number of rotatable bonds is 6. The lowest BCUT2D eigenvalue weighted by atomic mass is 9.95. The molecule has 0 spiro atoms. The molecule has 0 atom stereocenters. The van der Waals surface area contributed by atoms with E-state index < -0.39 is 0 Å². The maximum absolute atomic E-state index is 12.7. The van der Waals surface area contributed by atoms with Gasteiger partial charge in [-0.15, -0.1) is 0 Å². The van der Waals surface area contributed by atoms with E-state index >= 15 is 0 Å². The van der Waals surface area contributed by atoms with Crippen LogP contribution < -0.4 is 0 Å². The number of ether oxygens (including phenoxy) is 1. The van der Waals surface area contributed by atoms with Crippen LogP contribution in [0.3, 0.4) is 0 Å². The molecule has 0 fully saturated rings. The molecule has 0 N–H and O–H groups in total. The van der Waals surface area contributed by atoms with Crippen LogP contribution in [0.2, 0.25) is 0 Å². The lowest BCUT2D eigenvalue weighted by Crippen LogP contribution is -2.19. The molecule has 2 aromatic rings. The van der Waals surface area contributed by atoms with Crippen molar-refractivity contribution in [2.75, 3.05) is 7.11 Å². The fourth-order valence-corrected chi connectivity index (χ4v) is 3.51. The van der Waals surface area contributed by atoms with Gasteiger partial charge >= 0.3 is 0 Å². The highest BCUT2D eigenvalue weighted by atomic mass is 32.2. The zero-order valence-corrected chi connectivity index (χ0v) is 14.6. The molecule has 0 unspecified atom stereocenters. The van der Waals surface area contributed by atoms with E-state index in [9.17, 15) is 9.59 Å². The minimum absolute atomic E-state index is 0.0958. The molecule has 1 aromatic carbocycles. The molecule has 0 saturated heterocycles. The normalized spacial score (nSPS) is 14.5. The Morgan fingerprint density at radius 2 is 1.76 bits per heavy atom. The number of hydrogen-bond acceptors (Lipinski definition) is 5. The lowest BCUT2D eigenvalue weighted by Gasteiger charge is -2.18. The average Bonchev–Trinajstić information content (AvgIpc) is 2.65. The van der Waals surface area contributed by atoms with Crippen LogP contribution in [0.25, 0.3) is 0 Å². The second-order valence-electron chi connectivity index (χ2n) is 5.47. The predicted octanol–water partition coefficient (Wildman–Crippen LogP) is 3.74. The van der Waals surface area contributed by atoms with E-state index in [1.54, 1.807) is 6.20 Å². The van der Waals surface area contributed by atoms with Crippen LogP contribution in [0.15, 0.2) is 82.1 Å². The highest BCUT2D eigenvalue weighted by molar-refractivity contribution is 8.04. The van der Waals surface area contributed by atoms with Gasteiger partial charge in [-0.2, -0.15) is 0 Å². The Morgan fingerprint density at radius 1 is 1.00 bits per heavy atom.